The van der Waals surface area contributed by atoms with Crippen LogP contribution in [0.4, 0.5) is 4.39 Å². The van der Waals surface area contributed by atoms with Crippen molar-refractivity contribution < 1.29 is 14.3 Å². The quantitative estimate of drug-likeness (QED) is 0.801. The summed E-state index contributed by atoms with van der Waals surface area (Å²) in [4.78, 5) is 27.4. The number of carboxylic acid groups (broad SMARTS) is 1. The molecule has 2 aromatic heterocycles. The molecule has 3 rings (SSSR count). The summed E-state index contributed by atoms with van der Waals surface area (Å²) in [6.07, 6.45) is 8.03. The summed E-state index contributed by atoms with van der Waals surface area (Å²) in [5.41, 5.74) is -0.127. The Morgan fingerprint density at radius 2 is 2.12 bits per heavy atom. The lowest BCUT2D eigenvalue weighted by Crippen LogP contribution is -2.19. The van der Waals surface area contributed by atoms with Crippen LogP contribution < -0.4 is 5.43 Å². The maximum Gasteiger partial charge on any atom is 0.341 e. The first kappa shape index (κ1) is 15.6. The first-order valence-corrected chi connectivity index (χ1v) is 7.19. The zero-order valence-electron chi connectivity index (χ0n) is 12.5. The highest BCUT2D eigenvalue weighted by Crippen LogP contribution is 2.16. The Morgan fingerprint density at radius 1 is 1.29 bits per heavy atom. The van der Waals surface area contributed by atoms with E-state index in [1.807, 2.05) is 6.07 Å². The minimum absolute atomic E-state index is 0.0460. The van der Waals surface area contributed by atoms with Crippen LogP contribution in [-0.4, -0.2) is 20.6 Å². The van der Waals surface area contributed by atoms with E-state index >= 15 is 0 Å². The first-order chi connectivity index (χ1) is 11.6. The standard InChI is InChI=1S/C18H13FN2O3/c19-15-7-1-6-13-16(15)21(11-14(17(13)22)18(23)24)9-3-5-12-4-2-8-20-10-12/h1-8,10-11H,9H2,(H,23,24)/b5-3+. The van der Waals surface area contributed by atoms with Crippen molar-refractivity contribution in [3.05, 3.63) is 82.2 Å². The van der Waals surface area contributed by atoms with E-state index in [1.165, 1.54) is 29.0 Å². The molecule has 0 aliphatic heterocycles. The number of hydrogen-bond acceptors (Lipinski definition) is 3. The molecule has 1 aromatic carbocycles. The number of aromatic carboxylic acids is 1. The molecule has 0 spiro atoms. The molecule has 0 bridgehead atoms. The largest absolute Gasteiger partial charge is 0.477 e. The fourth-order valence-electron chi connectivity index (χ4n) is 2.49. The molecule has 0 saturated carbocycles. The van der Waals surface area contributed by atoms with Crippen molar-refractivity contribution in [2.45, 2.75) is 6.54 Å². The average Bonchev–Trinajstić information content (AvgIpc) is 2.58. The Kier molecular flexibility index (Phi) is 4.20. The van der Waals surface area contributed by atoms with Gasteiger partial charge < -0.3 is 9.67 Å². The molecule has 24 heavy (non-hydrogen) atoms. The van der Waals surface area contributed by atoms with Crippen molar-refractivity contribution in [1.29, 1.82) is 0 Å². The lowest BCUT2D eigenvalue weighted by Gasteiger charge is -2.11. The zero-order valence-corrected chi connectivity index (χ0v) is 12.5. The first-order valence-electron chi connectivity index (χ1n) is 7.19. The molecule has 0 aliphatic rings. The van der Waals surface area contributed by atoms with E-state index in [0.29, 0.717) is 0 Å². The summed E-state index contributed by atoms with van der Waals surface area (Å²) in [7, 11) is 0. The predicted molar refractivity (Wildman–Crippen MR) is 88.4 cm³/mol. The number of pyridine rings is 2. The third-order valence-electron chi connectivity index (χ3n) is 3.58. The number of benzene rings is 1. The van der Waals surface area contributed by atoms with Crippen molar-refractivity contribution in [3.8, 4) is 0 Å². The highest BCUT2D eigenvalue weighted by Gasteiger charge is 2.16. The van der Waals surface area contributed by atoms with Gasteiger partial charge in [-0.1, -0.05) is 24.3 Å². The summed E-state index contributed by atoms with van der Waals surface area (Å²) in [5, 5.41) is 9.23. The van der Waals surface area contributed by atoms with Crippen LogP contribution in [0.2, 0.25) is 0 Å². The van der Waals surface area contributed by atoms with Gasteiger partial charge in [0.05, 0.1) is 5.52 Å². The summed E-state index contributed by atoms with van der Waals surface area (Å²) in [5.74, 6) is -1.91. The lowest BCUT2D eigenvalue weighted by molar-refractivity contribution is 0.0695. The Balaban J connectivity index is 2.09. The van der Waals surface area contributed by atoms with Gasteiger partial charge in [0.15, 0.2) is 0 Å². The van der Waals surface area contributed by atoms with Gasteiger partial charge in [0.25, 0.3) is 0 Å². The Labute approximate surface area is 136 Å². The van der Waals surface area contributed by atoms with Crippen molar-refractivity contribution in [3.63, 3.8) is 0 Å². The number of fused-ring (bicyclic) bond motifs is 1. The van der Waals surface area contributed by atoms with E-state index in [2.05, 4.69) is 4.98 Å². The normalized spacial score (nSPS) is 11.2. The number of rotatable bonds is 4. The minimum atomic E-state index is -1.34. The van der Waals surface area contributed by atoms with Crippen LogP contribution in [0.5, 0.6) is 0 Å². The minimum Gasteiger partial charge on any atom is -0.477 e. The molecule has 0 aliphatic carbocycles. The third-order valence-corrected chi connectivity index (χ3v) is 3.58. The van der Waals surface area contributed by atoms with Crippen LogP contribution in [-0.2, 0) is 6.54 Å². The van der Waals surface area contributed by atoms with Crippen LogP contribution in [0.15, 0.2) is 59.8 Å². The maximum atomic E-state index is 14.2. The molecule has 1 N–H and O–H groups in total. The number of para-hydroxylation sites is 1. The molecule has 0 fully saturated rings. The molecule has 0 radical (unpaired) electrons. The molecule has 3 aromatic rings. The van der Waals surface area contributed by atoms with Crippen molar-refractivity contribution >= 4 is 22.9 Å². The topological polar surface area (TPSA) is 72.2 Å². The summed E-state index contributed by atoms with van der Waals surface area (Å²) in [6, 6.07) is 7.70. The van der Waals surface area contributed by atoms with E-state index in [9.17, 15) is 19.1 Å². The number of carboxylic acids is 1. The van der Waals surface area contributed by atoms with Crippen LogP contribution in [0.1, 0.15) is 15.9 Å². The van der Waals surface area contributed by atoms with Gasteiger partial charge in [0.2, 0.25) is 5.43 Å². The fourth-order valence-corrected chi connectivity index (χ4v) is 2.49. The number of hydrogen-bond donors (Lipinski definition) is 1. The SMILES string of the molecule is O=C(O)c1cn(C/C=C/c2cccnc2)c2c(F)cccc2c1=O. The van der Waals surface area contributed by atoms with Crippen LogP contribution in [0.25, 0.3) is 17.0 Å². The van der Waals surface area contributed by atoms with Crippen LogP contribution in [0.3, 0.4) is 0 Å². The Bertz CT molecular complexity index is 994. The lowest BCUT2D eigenvalue weighted by atomic mass is 10.1. The van der Waals surface area contributed by atoms with Gasteiger partial charge in [-0.2, -0.15) is 0 Å². The summed E-state index contributed by atoms with van der Waals surface area (Å²) < 4.78 is 15.6. The van der Waals surface area contributed by atoms with Gasteiger partial charge in [0, 0.05) is 30.5 Å². The highest BCUT2D eigenvalue weighted by atomic mass is 19.1. The number of carbonyl (C=O) groups is 1. The second-order valence-corrected chi connectivity index (χ2v) is 5.15. The van der Waals surface area contributed by atoms with Crippen molar-refractivity contribution in [2.24, 2.45) is 0 Å². The van der Waals surface area contributed by atoms with Gasteiger partial charge in [-0.15, -0.1) is 0 Å². The van der Waals surface area contributed by atoms with Crippen LogP contribution in [0, 0.1) is 5.82 Å². The third kappa shape index (κ3) is 2.94. The molecule has 0 atom stereocenters. The van der Waals surface area contributed by atoms with E-state index in [1.54, 1.807) is 30.6 Å². The van der Waals surface area contributed by atoms with Crippen molar-refractivity contribution in [1.82, 2.24) is 9.55 Å². The summed E-state index contributed by atoms with van der Waals surface area (Å²) in [6.45, 7) is 0.215. The van der Waals surface area contributed by atoms with Crippen molar-refractivity contribution in [2.75, 3.05) is 0 Å². The van der Waals surface area contributed by atoms with E-state index in [0.717, 1.165) is 5.56 Å². The highest BCUT2D eigenvalue weighted by molar-refractivity contribution is 5.92. The molecule has 0 saturated heterocycles. The van der Waals surface area contributed by atoms with E-state index in [-0.39, 0.29) is 23.0 Å². The molecule has 6 heteroatoms. The van der Waals surface area contributed by atoms with Gasteiger partial charge in [0.1, 0.15) is 11.4 Å². The fraction of sp³-hybridized carbons (Fsp3) is 0.0556. The van der Waals surface area contributed by atoms with E-state index < -0.39 is 17.2 Å². The predicted octanol–water partition coefficient (Wildman–Crippen LogP) is 2.95. The number of halogens is 1. The number of allylic oxidation sites excluding steroid dienone is 1. The maximum absolute atomic E-state index is 14.2. The molecule has 5 nitrogen and oxygen atoms in total. The second-order valence-electron chi connectivity index (χ2n) is 5.15. The molecule has 0 unspecified atom stereocenters. The number of nitrogens with zero attached hydrogens (tertiary/aromatic N) is 2. The van der Waals surface area contributed by atoms with E-state index in [4.69, 9.17) is 0 Å². The zero-order chi connectivity index (χ0) is 17.1. The van der Waals surface area contributed by atoms with Gasteiger partial charge in [-0.3, -0.25) is 9.78 Å². The van der Waals surface area contributed by atoms with Gasteiger partial charge >= 0.3 is 5.97 Å². The number of aromatic nitrogens is 2. The molecule has 2 heterocycles. The summed E-state index contributed by atoms with van der Waals surface area (Å²) >= 11 is 0. The van der Waals surface area contributed by atoms with Gasteiger partial charge in [-0.25, -0.2) is 9.18 Å². The molecule has 0 amide bonds. The molecule has 120 valence electrons. The average molecular weight is 324 g/mol. The van der Waals surface area contributed by atoms with Gasteiger partial charge in [-0.05, 0) is 23.8 Å². The second kappa shape index (κ2) is 6.45. The molecular formula is C18H13FN2O3. The smallest absolute Gasteiger partial charge is 0.341 e. The Morgan fingerprint density at radius 3 is 2.83 bits per heavy atom. The Hall–Kier alpha value is -3.28. The monoisotopic (exact) mass is 324 g/mol. The molecular weight excluding hydrogens is 311 g/mol. The van der Waals surface area contributed by atoms with Crippen LogP contribution >= 0.6 is 0 Å².